The Labute approximate surface area is 142 Å². The Morgan fingerprint density at radius 1 is 0.875 bits per heavy atom. The van der Waals surface area contributed by atoms with Crippen molar-refractivity contribution in [3.8, 4) is 0 Å². The third-order valence-electron chi connectivity index (χ3n) is 3.91. The minimum Gasteiger partial charge on any atom is -0.367 e. The number of hydrogen-bond donors (Lipinski definition) is 1. The van der Waals surface area contributed by atoms with E-state index in [1.807, 2.05) is 0 Å². The number of anilines is 1. The average Bonchev–Trinajstić information content (AvgIpc) is 3.02. The molecular formula is C19H23N5. The summed E-state index contributed by atoms with van der Waals surface area (Å²) in [6.45, 7) is 3.69. The molecule has 124 valence electrons. The molecule has 3 rings (SSSR count). The largest absolute Gasteiger partial charge is 0.367 e. The highest BCUT2D eigenvalue weighted by atomic mass is 15.4. The number of hydrogen-bond acceptors (Lipinski definition) is 4. The van der Waals surface area contributed by atoms with E-state index >= 15 is 0 Å². The zero-order valence-electron chi connectivity index (χ0n) is 13.8. The lowest BCUT2D eigenvalue weighted by molar-refractivity contribution is 0.247. The number of nitrogens with zero attached hydrogens (tertiary/aromatic N) is 4. The van der Waals surface area contributed by atoms with E-state index in [1.165, 1.54) is 11.1 Å². The van der Waals surface area contributed by atoms with Gasteiger partial charge in [0.2, 0.25) is 5.95 Å². The molecule has 5 heteroatoms. The molecule has 1 aromatic heterocycles. The summed E-state index contributed by atoms with van der Waals surface area (Å²) in [6, 6.07) is 21.2. The van der Waals surface area contributed by atoms with Gasteiger partial charge in [-0.2, -0.15) is 0 Å². The molecule has 0 saturated heterocycles. The van der Waals surface area contributed by atoms with Gasteiger partial charge in [0.1, 0.15) is 6.33 Å². The van der Waals surface area contributed by atoms with Gasteiger partial charge in [0.25, 0.3) is 0 Å². The van der Waals surface area contributed by atoms with Crippen molar-refractivity contribution in [2.75, 3.05) is 12.3 Å². The van der Waals surface area contributed by atoms with Crippen LogP contribution in [0.2, 0.25) is 0 Å². The van der Waals surface area contributed by atoms with Crippen LogP contribution in [0.5, 0.6) is 0 Å². The molecule has 0 aliphatic rings. The van der Waals surface area contributed by atoms with Crippen molar-refractivity contribution in [1.29, 1.82) is 0 Å². The van der Waals surface area contributed by atoms with E-state index in [-0.39, 0.29) is 0 Å². The molecule has 0 saturated carbocycles. The lowest BCUT2D eigenvalue weighted by Gasteiger charge is -2.22. The Morgan fingerprint density at radius 3 is 1.96 bits per heavy atom. The van der Waals surface area contributed by atoms with Gasteiger partial charge in [-0.15, -0.1) is 5.10 Å². The fourth-order valence-electron chi connectivity index (χ4n) is 2.77. The van der Waals surface area contributed by atoms with Gasteiger partial charge in [-0.25, -0.2) is 4.98 Å². The fraction of sp³-hybridized carbons (Fsp3) is 0.263. The fourth-order valence-corrected chi connectivity index (χ4v) is 2.77. The molecule has 0 unspecified atom stereocenters. The molecule has 0 atom stereocenters. The zero-order valence-corrected chi connectivity index (χ0v) is 13.8. The normalized spacial score (nSPS) is 11.0. The minimum absolute atomic E-state index is 0.334. The van der Waals surface area contributed by atoms with Crippen LogP contribution >= 0.6 is 0 Å². The van der Waals surface area contributed by atoms with Crippen LogP contribution in [0, 0.1) is 0 Å². The first kappa shape index (κ1) is 16.2. The van der Waals surface area contributed by atoms with E-state index < -0.39 is 0 Å². The molecule has 0 fully saturated rings. The van der Waals surface area contributed by atoms with Crippen molar-refractivity contribution in [2.45, 2.75) is 26.1 Å². The number of nitrogens with two attached hydrogens (primary N) is 1. The number of nitrogen functional groups attached to an aromatic ring is 1. The Bertz CT molecular complexity index is 682. The molecule has 0 spiro atoms. The van der Waals surface area contributed by atoms with Crippen molar-refractivity contribution in [3.63, 3.8) is 0 Å². The molecule has 2 aromatic carbocycles. The Morgan fingerprint density at radius 2 is 1.46 bits per heavy atom. The van der Waals surface area contributed by atoms with Crippen LogP contribution in [-0.4, -0.2) is 26.2 Å². The van der Waals surface area contributed by atoms with E-state index in [2.05, 4.69) is 75.6 Å². The maximum Gasteiger partial charge on any atom is 0.239 e. The number of aryl methyl sites for hydroxylation is 1. The van der Waals surface area contributed by atoms with Gasteiger partial charge in [-0.05, 0) is 17.5 Å². The maximum absolute atomic E-state index is 5.56. The smallest absolute Gasteiger partial charge is 0.239 e. The summed E-state index contributed by atoms with van der Waals surface area (Å²) in [5.74, 6) is 0.334. The Balaban J connectivity index is 1.60. The molecule has 24 heavy (non-hydrogen) atoms. The number of aromatic nitrogens is 3. The molecule has 1 heterocycles. The van der Waals surface area contributed by atoms with Crippen LogP contribution in [0.4, 0.5) is 5.95 Å². The monoisotopic (exact) mass is 321 g/mol. The van der Waals surface area contributed by atoms with Crippen LogP contribution in [0.15, 0.2) is 67.0 Å². The second kappa shape index (κ2) is 8.26. The van der Waals surface area contributed by atoms with Gasteiger partial charge < -0.3 is 5.73 Å². The first-order valence-electron chi connectivity index (χ1n) is 8.25. The lowest BCUT2D eigenvalue weighted by atomic mass is 10.1. The summed E-state index contributed by atoms with van der Waals surface area (Å²) in [4.78, 5) is 6.43. The summed E-state index contributed by atoms with van der Waals surface area (Å²) < 4.78 is 1.80. The van der Waals surface area contributed by atoms with Gasteiger partial charge in [0.15, 0.2) is 0 Å². The number of benzene rings is 2. The standard InChI is InChI=1S/C19H23N5/c20-19-21-16-24(22-19)13-7-12-23(14-17-8-3-1-4-9-17)15-18-10-5-2-6-11-18/h1-6,8-11,16H,7,12-15H2,(H2,20,22). The van der Waals surface area contributed by atoms with Crippen molar-refractivity contribution in [2.24, 2.45) is 0 Å². The molecule has 0 radical (unpaired) electrons. The highest BCUT2D eigenvalue weighted by molar-refractivity contribution is 5.17. The van der Waals surface area contributed by atoms with Crippen LogP contribution in [0.1, 0.15) is 17.5 Å². The Kier molecular flexibility index (Phi) is 5.58. The topological polar surface area (TPSA) is 60.0 Å². The van der Waals surface area contributed by atoms with Crippen LogP contribution in [-0.2, 0) is 19.6 Å². The molecule has 0 bridgehead atoms. The van der Waals surface area contributed by atoms with E-state index in [0.717, 1.165) is 32.6 Å². The molecule has 2 N–H and O–H groups in total. The molecule has 0 amide bonds. The van der Waals surface area contributed by atoms with Crippen molar-refractivity contribution in [1.82, 2.24) is 19.7 Å². The highest BCUT2D eigenvalue weighted by Gasteiger charge is 2.07. The predicted octanol–water partition coefficient (Wildman–Crippen LogP) is 2.95. The second-order valence-electron chi connectivity index (χ2n) is 5.90. The van der Waals surface area contributed by atoms with E-state index in [0.29, 0.717) is 5.95 Å². The molecule has 0 aliphatic carbocycles. The highest BCUT2D eigenvalue weighted by Crippen LogP contribution is 2.11. The van der Waals surface area contributed by atoms with Gasteiger partial charge >= 0.3 is 0 Å². The Hall–Kier alpha value is -2.66. The summed E-state index contributed by atoms with van der Waals surface area (Å²) in [6.07, 6.45) is 2.69. The van der Waals surface area contributed by atoms with E-state index in [9.17, 15) is 0 Å². The van der Waals surface area contributed by atoms with Gasteiger partial charge in [-0.1, -0.05) is 60.7 Å². The minimum atomic E-state index is 0.334. The SMILES string of the molecule is Nc1ncn(CCCN(Cc2ccccc2)Cc2ccccc2)n1. The van der Waals surface area contributed by atoms with Gasteiger partial charge in [-0.3, -0.25) is 9.58 Å². The summed E-state index contributed by atoms with van der Waals surface area (Å²) in [7, 11) is 0. The van der Waals surface area contributed by atoms with Gasteiger partial charge in [0, 0.05) is 26.2 Å². The molecular weight excluding hydrogens is 298 g/mol. The molecule has 5 nitrogen and oxygen atoms in total. The van der Waals surface area contributed by atoms with E-state index in [1.54, 1.807) is 11.0 Å². The average molecular weight is 321 g/mol. The molecule has 0 aliphatic heterocycles. The quantitative estimate of drug-likeness (QED) is 0.693. The third kappa shape index (κ3) is 4.93. The lowest BCUT2D eigenvalue weighted by Crippen LogP contribution is -2.25. The maximum atomic E-state index is 5.56. The van der Waals surface area contributed by atoms with Crippen molar-refractivity contribution in [3.05, 3.63) is 78.1 Å². The first-order valence-corrected chi connectivity index (χ1v) is 8.25. The van der Waals surface area contributed by atoms with Crippen molar-refractivity contribution < 1.29 is 0 Å². The summed E-state index contributed by atoms with van der Waals surface area (Å²) >= 11 is 0. The van der Waals surface area contributed by atoms with Gasteiger partial charge in [0.05, 0.1) is 0 Å². The second-order valence-corrected chi connectivity index (χ2v) is 5.90. The summed E-state index contributed by atoms with van der Waals surface area (Å²) in [5, 5.41) is 4.14. The third-order valence-corrected chi connectivity index (χ3v) is 3.91. The predicted molar refractivity (Wildman–Crippen MR) is 96.0 cm³/mol. The molecule has 3 aromatic rings. The number of rotatable bonds is 8. The zero-order chi connectivity index (χ0) is 16.6. The van der Waals surface area contributed by atoms with Crippen LogP contribution < -0.4 is 5.73 Å². The summed E-state index contributed by atoms with van der Waals surface area (Å²) in [5.41, 5.74) is 8.22. The van der Waals surface area contributed by atoms with Crippen LogP contribution in [0.25, 0.3) is 0 Å². The van der Waals surface area contributed by atoms with E-state index in [4.69, 9.17) is 5.73 Å². The van der Waals surface area contributed by atoms with Crippen molar-refractivity contribution >= 4 is 5.95 Å². The van der Waals surface area contributed by atoms with Crippen LogP contribution in [0.3, 0.4) is 0 Å². The first-order chi connectivity index (χ1) is 11.8.